The quantitative estimate of drug-likeness (QED) is 0.664. The summed E-state index contributed by atoms with van der Waals surface area (Å²) in [6.07, 6.45) is 9.66. The van der Waals surface area contributed by atoms with Crippen LogP contribution in [0.15, 0.2) is 41.0 Å². The molecule has 4 heteroatoms. The van der Waals surface area contributed by atoms with E-state index < -0.39 is 0 Å². The van der Waals surface area contributed by atoms with E-state index in [9.17, 15) is 0 Å². The van der Waals surface area contributed by atoms with Crippen molar-refractivity contribution >= 4 is 21.7 Å². The van der Waals surface area contributed by atoms with Crippen molar-refractivity contribution in [3.8, 4) is 5.75 Å². The fourth-order valence-electron chi connectivity index (χ4n) is 4.95. The third-order valence-electron chi connectivity index (χ3n) is 6.78. The van der Waals surface area contributed by atoms with E-state index in [4.69, 9.17) is 4.74 Å². The first-order valence-corrected chi connectivity index (χ1v) is 10.3. The molecule has 0 spiro atoms. The summed E-state index contributed by atoms with van der Waals surface area (Å²) in [6.45, 7) is 3.19. The summed E-state index contributed by atoms with van der Waals surface area (Å²) in [5.74, 6) is 1.97. The minimum atomic E-state index is 0.382. The standard InChI is InChI=1S/C22H27BrN2O/c1-16-13-17(3-4-19(16)26-2)22-9-6-21(7-10-22,8-11-22)15-25-20-14-18(23)5-12-24-20/h3-5,12-14H,6-11,15H2,1-2H3,(H,24,25). The van der Waals surface area contributed by atoms with Crippen LogP contribution in [0.5, 0.6) is 5.75 Å². The van der Waals surface area contributed by atoms with Crippen LogP contribution < -0.4 is 10.1 Å². The van der Waals surface area contributed by atoms with Crippen molar-refractivity contribution in [3.05, 3.63) is 52.1 Å². The van der Waals surface area contributed by atoms with Gasteiger partial charge in [0.1, 0.15) is 11.6 Å². The highest BCUT2D eigenvalue weighted by Crippen LogP contribution is 2.57. The first-order valence-electron chi connectivity index (χ1n) is 9.55. The summed E-state index contributed by atoms with van der Waals surface area (Å²) < 4.78 is 6.52. The van der Waals surface area contributed by atoms with E-state index in [1.807, 2.05) is 12.3 Å². The van der Waals surface area contributed by atoms with Gasteiger partial charge < -0.3 is 10.1 Å². The molecule has 0 saturated heterocycles. The summed E-state index contributed by atoms with van der Waals surface area (Å²) in [6, 6.07) is 10.8. The van der Waals surface area contributed by atoms with E-state index in [0.29, 0.717) is 10.8 Å². The predicted octanol–water partition coefficient (Wildman–Crippen LogP) is 5.87. The first kappa shape index (κ1) is 17.8. The van der Waals surface area contributed by atoms with Crippen LogP contribution in [0, 0.1) is 12.3 Å². The number of pyridine rings is 1. The van der Waals surface area contributed by atoms with Gasteiger partial charge in [0.2, 0.25) is 0 Å². The second kappa shape index (κ2) is 6.88. The van der Waals surface area contributed by atoms with Gasteiger partial charge in [-0.1, -0.05) is 28.1 Å². The largest absolute Gasteiger partial charge is 0.496 e. The molecule has 0 unspecified atom stereocenters. The monoisotopic (exact) mass is 414 g/mol. The molecule has 3 saturated carbocycles. The third kappa shape index (κ3) is 3.24. The maximum Gasteiger partial charge on any atom is 0.127 e. The van der Waals surface area contributed by atoms with Crippen molar-refractivity contribution in [2.75, 3.05) is 19.0 Å². The summed E-state index contributed by atoms with van der Waals surface area (Å²) in [5.41, 5.74) is 3.59. The number of halogens is 1. The number of nitrogens with one attached hydrogen (secondary N) is 1. The Morgan fingerprint density at radius 2 is 1.81 bits per heavy atom. The zero-order chi connectivity index (χ0) is 18.2. The van der Waals surface area contributed by atoms with E-state index >= 15 is 0 Å². The fraction of sp³-hybridized carbons (Fsp3) is 0.500. The van der Waals surface area contributed by atoms with Gasteiger partial charge in [0.05, 0.1) is 7.11 Å². The molecular weight excluding hydrogens is 388 g/mol. The minimum Gasteiger partial charge on any atom is -0.496 e. The van der Waals surface area contributed by atoms with E-state index in [1.165, 1.54) is 49.7 Å². The Labute approximate surface area is 164 Å². The second-order valence-corrected chi connectivity index (χ2v) is 9.09. The molecule has 0 atom stereocenters. The molecule has 138 valence electrons. The number of hydrogen-bond acceptors (Lipinski definition) is 3. The van der Waals surface area contributed by atoms with Gasteiger partial charge in [-0.3, -0.25) is 0 Å². The van der Waals surface area contributed by atoms with E-state index in [1.54, 1.807) is 7.11 Å². The number of benzene rings is 1. The normalized spacial score (nSPS) is 27.3. The van der Waals surface area contributed by atoms with Crippen molar-refractivity contribution in [2.24, 2.45) is 5.41 Å². The maximum atomic E-state index is 5.44. The van der Waals surface area contributed by atoms with Gasteiger partial charge in [-0.2, -0.15) is 0 Å². The van der Waals surface area contributed by atoms with Crippen molar-refractivity contribution in [2.45, 2.75) is 50.9 Å². The van der Waals surface area contributed by atoms with Gasteiger partial charge in [0.15, 0.2) is 0 Å². The van der Waals surface area contributed by atoms with Gasteiger partial charge in [0.25, 0.3) is 0 Å². The molecule has 5 rings (SSSR count). The van der Waals surface area contributed by atoms with E-state index in [2.05, 4.69) is 57.4 Å². The molecule has 1 aromatic heterocycles. The number of methoxy groups -OCH3 is 1. The van der Waals surface area contributed by atoms with Crippen LogP contribution in [0.1, 0.15) is 49.7 Å². The number of rotatable bonds is 5. The predicted molar refractivity (Wildman–Crippen MR) is 110 cm³/mol. The zero-order valence-corrected chi connectivity index (χ0v) is 17.2. The van der Waals surface area contributed by atoms with Gasteiger partial charge in [0, 0.05) is 17.2 Å². The Balaban J connectivity index is 1.45. The second-order valence-electron chi connectivity index (χ2n) is 8.18. The average molecular weight is 415 g/mol. The van der Waals surface area contributed by atoms with Crippen molar-refractivity contribution < 1.29 is 4.74 Å². The van der Waals surface area contributed by atoms with Crippen LogP contribution >= 0.6 is 15.9 Å². The van der Waals surface area contributed by atoms with Crippen LogP contribution in [0.4, 0.5) is 5.82 Å². The molecule has 0 aliphatic heterocycles. The van der Waals surface area contributed by atoms with Gasteiger partial charge in [-0.15, -0.1) is 0 Å². The summed E-state index contributed by atoms with van der Waals surface area (Å²) in [4.78, 5) is 4.44. The van der Waals surface area contributed by atoms with E-state index in [0.717, 1.165) is 22.6 Å². The lowest BCUT2D eigenvalue weighted by Crippen LogP contribution is -2.47. The number of nitrogens with zero attached hydrogens (tertiary/aromatic N) is 1. The SMILES string of the molecule is COc1ccc(C23CCC(CNc4cc(Br)ccn4)(CC2)CC3)cc1C. The van der Waals surface area contributed by atoms with Gasteiger partial charge in [-0.05, 0) is 85.6 Å². The molecule has 26 heavy (non-hydrogen) atoms. The Morgan fingerprint density at radius 1 is 1.08 bits per heavy atom. The lowest BCUT2D eigenvalue weighted by molar-refractivity contribution is 0.0505. The van der Waals surface area contributed by atoms with Crippen molar-refractivity contribution in [1.29, 1.82) is 0 Å². The fourth-order valence-corrected chi connectivity index (χ4v) is 5.28. The number of aromatic nitrogens is 1. The Morgan fingerprint density at radius 3 is 2.42 bits per heavy atom. The summed E-state index contributed by atoms with van der Waals surface area (Å²) in [7, 11) is 1.75. The Bertz CT molecular complexity index is 780. The smallest absolute Gasteiger partial charge is 0.127 e. The molecule has 0 radical (unpaired) electrons. The van der Waals surface area contributed by atoms with Crippen LogP contribution in [-0.2, 0) is 5.41 Å². The average Bonchev–Trinajstić information content (AvgIpc) is 2.68. The number of aryl methyl sites for hydroxylation is 1. The highest BCUT2D eigenvalue weighted by molar-refractivity contribution is 9.10. The zero-order valence-electron chi connectivity index (χ0n) is 15.6. The molecule has 2 aromatic rings. The lowest BCUT2D eigenvalue weighted by atomic mass is 9.52. The van der Waals surface area contributed by atoms with Crippen molar-refractivity contribution in [1.82, 2.24) is 4.98 Å². The molecule has 3 aliphatic rings. The number of anilines is 1. The highest BCUT2D eigenvalue weighted by Gasteiger charge is 2.49. The molecular formula is C22H27BrN2O. The van der Waals surface area contributed by atoms with Crippen LogP contribution in [0.2, 0.25) is 0 Å². The van der Waals surface area contributed by atoms with Crippen molar-refractivity contribution in [3.63, 3.8) is 0 Å². The van der Waals surface area contributed by atoms with Crippen LogP contribution in [0.25, 0.3) is 0 Å². The molecule has 3 fully saturated rings. The summed E-state index contributed by atoms with van der Waals surface area (Å²) >= 11 is 3.53. The van der Waals surface area contributed by atoms with Crippen LogP contribution in [-0.4, -0.2) is 18.6 Å². The molecule has 3 aliphatic carbocycles. The first-order chi connectivity index (χ1) is 12.5. The summed E-state index contributed by atoms with van der Waals surface area (Å²) in [5, 5.41) is 3.59. The molecule has 1 aromatic carbocycles. The van der Waals surface area contributed by atoms with Gasteiger partial charge in [-0.25, -0.2) is 4.98 Å². The topological polar surface area (TPSA) is 34.1 Å². The maximum absolute atomic E-state index is 5.44. The Hall–Kier alpha value is -1.55. The molecule has 1 N–H and O–H groups in total. The molecule has 0 amide bonds. The van der Waals surface area contributed by atoms with Gasteiger partial charge >= 0.3 is 0 Å². The Kier molecular flexibility index (Phi) is 4.72. The number of ether oxygens (including phenoxy) is 1. The number of hydrogen-bond donors (Lipinski definition) is 1. The molecule has 1 heterocycles. The third-order valence-corrected chi connectivity index (χ3v) is 7.27. The van der Waals surface area contributed by atoms with Crippen LogP contribution in [0.3, 0.4) is 0 Å². The minimum absolute atomic E-state index is 0.382. The lowest BCUT2D eigenvalue weighted by Gasteiger charge is -2.54. The highest BCUT2D eigenvalue weighted by atomic mass is 79.9. The van der Waals surface area contributed by atoms with E-state index in [-0.39, 0.29) is 0 Å². The molecule has 2 bridgehead atoms. The number of fused-ring (bicyclic) bond motifs is 3. The molecule has 3 nitrogen and oxygen atoms in total.